The van der Waals surface area contributed by atoms with Crippen molar-refractivity contribution < 1.29 is 4.79 Å². The third kappa shape index (κ3) is 6.38. The largest absolute Gasteiger partial charge is 0.272 e. The maximum absolute atomic E-state index is 11.9. The van der Waals surface area contributed by atoms with Gasteiger partial charge < -0.3 is 0 Å². The van der Waals surface area contributed by atoms with E-state index in [4.69, 9.17) is 11.6 Å². The molecule has 1 N–H and O–H groups in total. The Balaban J connectivity index is 1.77. The molecule has 126 valence electrons. The van der Waals surface area contributed by atoms with Gasteiger partial charge in [0, 0.05) is 22.9 Å². The van der Waals surface area contributed by atoms with Crippen LogP contribution < -0.4 is 5.43 Å². The molecule has 0 saturated carbocycles. The first-order valence-corrected chi connectivity index (χ1v) is 9.41. The minimum Gasteiger partial charge on any atom is -0.272 e. The molecule has 0 bridgehead atoms. The Morgan fingerprint density at radius 3 is 2.54 bits per heavy atom. The van der Waals surface area contributed by atoms with Crippen molar-refractivity contribution in [3.05, 3.63) is 70.7 Å². The number of carbonyl (C=O) groups excluding carboxylic acids is 1. The third-order valence-electron chi connectivity index (χ3n) is 3.45. The van der Waals surface area contributed by atoms with Crippen LogP contribution in [0.1, 0.15) is 24.5 Å². The van der Waals surface area contributed by atoms with E-state index in [1.54, 1.807) is 0 Å². The molecule has 0 aliphatic rings. The molecule has 0 aliphatic carbocycles. The smallest absolute Gasteiger partial charge is 0.250 e. The summed E-state index contributed by atoms with van der Waals surface area (Å²) in [7, 11) is 0. The number of amides is 1. The molecule has 0 spiro atoms. The Morgan fingerprint density at radius 2 is 1.83 bits per heavy atom. The Labute approximate surface area is 152 Å². The zero-order valence-corrected chi connectivity index (χ0v) is 15.2. The van der Waals surface area contributed by atoms with Crippen LogP contribution in [-0.4, -0.2) is 17.4 Å². The fraction of sp³-hybridized carbons (Fsp3) is 0.263. The molecule has 0 atom stereocenters. The van der Waals surface area contributed by atoms with Crippen LogP contribution in [0.2, 0.25) is 5.02 Å². The van der Waals surface area contributed by atoms with E-state index < -0.39 is 0 Å². The first-order chi connectivity index (χ1) is 11.7. The third-order valence-corrected chi connectivity index (χ3v) is 4.80. The summed E-state index contributed by atoms with van der Waals surface area (Å²) in [5, 5.41) is 4.99. The quantitative estimate of drug-likeness (QED) is 0.547. The average molecular weight is 361 g/mol. The van der Waals surface area contributed by atoms with Gasteiger partial charge in [-0.15, -0.1) is 11.8 Å². The second kappa shape index (κ2) is 10.2. The highest BCUT2D eigenvalue weighted by atomic mass is 35.5. The van der Waals surface area contributed by atoms with Crippen molar-refractivity contribution in [1.82, 2.24) is 5.43 Å². The molecule has 0 radical (unpaired) electrons. The Kier molecular flexibility index (Phi) is 7.86. The number of halogens is 1. The summed E-state index contributed by atoms with van der Waals surface area (Å²) >= 11 is 7.63. The number of carbonyl (C=O) groups is 1. The highest BCUT2D eigenvalue weighted by Gasteiger charge is 2.05. The number of rotatable bonds is 8. The summed E-state index contributed by atoms with van der Waals surface area (Å²) in [6.45, 7) is 2.04. The molecule has 0 aromatic heterocycles. The van der Waals surface area contributed by atoms with Crippen LogP contribution in [0.15, 0.2) is 59.7 Å². The van der Waals surface area contributed by atoms with Gasteiger partial charge in [-0.05, 0) is 23.6 Å². The molecule has 0 unspecified atom stereocenters. The monoisotopic (exact) mass is 360 g/mol. The molecule has 3 nitrogen and oxygen atoms in total. The van der Waals surface area contributed by atoms with Crippen LogP contribution in [-0.2, 0) is 17.0 Å². The molecule has 0 heterocycles. The number of nitrogens with one attached hydrogen (secondary N) is 1. The van der Waals surface area contributed by atoms with Crippen LogP contribution in [0.5, 0.6) is 0 Å². The Morgan fingerprint density at radius 1 is 1.12 bits per heavy atom. The van der Waals surface area contributed by atoms with E-state index >= 15 is 0 Å². The van der Waals surface area contributed by atoms with Crippen LogP contribution in [0.4, 0.5) is 0 Å². The Hall–Kier alpha value is -1.78. The van der Waals surface area contributed by atoms with Crippen molar-refractivity contribution >= 4 is 35.0 Å². The maximum Gasteiger partial charge on any atom is 0.250 e. The summed E-state index contributed by atoms with van der Waals surface area (Å²) in [4.78, 5) is 11.9. The molecule has 0 aliphatic heterocycles. The van der Waals surface area contributed by atoms with Gasteiger partial charge in [0.1, 0.15) is 0 Å². The second-order valence-electron chi connectivity index (χ2n) is 5.31. The number of thioether (sulfide) groups is 1. The van der Waals surface area contributed by atoms with E-state index in [1.807, 2.05) is 49.4 Å². The maximum atomic E-state index is 11.9. The van der Waals surface area contributed by atoms with Gasteiger partial charge in [-0.2, -0.15) is 5.10 Å². The van der Waals surface area contributed by atoms with Gasteiger partial charge in [-0.3, -0.25) is 4.79 Å². The van der Waals surface area contributed by atoms with Crippen molar-refractivity contribution in [2.45, 2.75) is 25.5 Å². The summed E-state index contributed by atoms with van der Waals surface area (Å²) in [6, 6.07) is 17.8. The molecule has 24 heavy (non-hydrogen) atoms. The van der Waals surface area contributed by atoms with E-state index in [2.05, 4.69) is 22.7 Å². The lowest BCUT2D eigenvalue weighted by Gasteiger charge is -2.06. The molecule has 0 saturated heterocycles. The number of nitrogens with zero attached hydrogens (tertiary/aromatic N) is 1. The number of benzene rings is 2. The molecule has 0 fully saturated rings. The lowest BCUT2D eigenvalue weighted by Crippen LogP contribution is -2.22. The highest BCUT2D eigenvalue weighted by Crippen LogP contribution is 2.20. The molecular formula is C19H21ClN2OS. The topological polar surface area (TPSA) is 41.5 Å². The standard InChI is InChI=1S/C19H21ClN2OS/c1-2-17(12-15-8-4-3-5-9-15)21-22-19(23)14-24-13-16-10-6-7-11-18(16)20/h3-11H,2,12-14H2,1H3,(H,22,23)/b21-17-. The van der Waals surface area contributed by atoms with Crippen molar-refractivity contribution in [3.63, 3.8) is 0 Å². The molecule has 2 aromatic carbocycles. The Bertz CT molecular complexity index is 689. The van der Waals surface area contributed by atoms with E-state index in [0.29, 0.717) is 11.5 Å². The zero-order chi connectivity index (χ0) is 17.2. The summed E-state index contributed by atoms with van der Waals surface area (Å²) < 4.78 is 0. The summed E-state index contributed by atoms with van der Waals surface area (Å²) in [6.07, 6.45) is 1.56. The molecule has 2 aromatic rings. The zero-order valence-electron chi connectivity index (χ0n) is 13.7. The van der Waals surface area contributed by atoms with Gasteiger partial charge in [0.15, 0.2) is 0 Å². The lowest BCUT2D eigenvalue weighted by atomic mass is 10.1. The van der Waals surface area contributed by atoms with Crippen molar-refractivity contribution in [3.8, 4) is 0 Å². The predicted octanol–water partition coefficient (Wildman–Crippen LogP) is 4.70. The minimum absolute atomic E-state index is 0.0916. The summed E-state index contributed by atoms with van der Waals surface area (Å²) in [5.74, 6) is 0.976. The van der Waals surface area contributed by atoms with Gasteiger partial charge >= 0.3 is 0 Å². The first-order valence-electron chi connectivity index (χ1n) is 7.88. The summed E-state index contributed by atoms with van der Waals surface area (Å²) in [5.41, 5.74) is 5.85. The van der Waals surface area contributed by atoms with E-state index in [1.165, 1.54) is 17.3 Å². The van der Waals surface area contributed by atoms with Crippen molar-refractivity contribution in [2.75, 3.05) is 5.75 Å². The van der Waals surface area contributed by atoms with Crippen LogP contribution in [0.3, 0.4) is 0 Å². The predicted molar refractivity (Wildman–Crippen MR) is 104 cm³/mol. The second-order valence-corrected chi connectivity index (χ2v) is 6.71. The molecule has 5 heteroatoms. The van der Waals surface area contributed by atoms with Gasteiger partial charge in [0.05, 0.1) is 5.75 Å². The van der Waals surface area contributed by atoms with Gasteiger partial charge in [0.2, 0.25) is 5.91 Å². The molecule has 1 amide bonds. The van der Waals surface area contributed by atoms with Crippen LogP contribution >= 0.6 is 23.4 Å². The van der Waals surface area contributed by atoms with Crippen LogP contribution in [0.25, 0.3) is 0 Å². The number of hydrogen-bond donors (Lipinski definition) is 1. The molecular weight excluding hydrogens is 340 g/mol. The van der Waals surface area contributed by atoms with Gasteiger partial charge in [-0.25, -0.2) is 5.43 Å². The lowest BCUT2D eigenvalue weighted by molar-refractivity contribution is -0.118. The van der Waals surface area contributed by atoms with Crippen molar-refractivity contribution in [2.24, 2.45) is 5.10 Å². The van der Waals surface area contributed by atoms with Gasteiger partial charge in [-0.1, -0.05) is 67.1 Å². The van der Waals surface area contributed by atoms with Gasteiger partial charge in [0.25, 0.3) is 0 Å². The average Bonchev–Trinajstić information content (AvgIpc) is 2.61. The van der Waals surface area contributed by atoms with Crippen LogP contribution in [0, 0.1) is 0 Å². The fourth-order valence-corrected chi connectivity index (χ4v) is 3.22. The first kappa shape index (κ1) is 18.6. The van der Waals surface area contributed by atoms with E-state index in [0.717, 1.165) is 29.1 Å². The number of hydrazone groups is 1. The van der Waals surface area contributed by atoms with Crippen molar-refractivity contribution in [1.29, 1.82) is 0 Å². The highest BCUT2D eigenvalue weighted by molar-refractivity contribution is 7.99. The minimum atomic E-state index is -0.0916. The normalized spacial score (nSPS) is 11.3. The number of hydrogen-bond acceptors (Lipinski definition) is 3. The van der Waals surface area contributed by atoms with E-state index in [9.17, 15) is 4.79 Å². The SMILES string of the molecule is CC/C(Cc1ccccc1)=N/NC(=O)CSCc1ccccc1Cl. The molecule has 2 rings (SSSR count). The van der Waals surface area contributed by atoms with E-state index in [-0.39, 0.29) is 5.91 Å². The fourth-order valence-electron chi connectivity index (χ4n) is 2.12.